The molecule has 0 aliphatic heterocycles. The molecular weight excluding hydrogens is 347 g/mol. The fourth-order valence-corrected chi connectivity index (χ4v) is 2.91. The Kier molecular flexibility index (Phi) is 6.26. The molecular formula is C18H26F3N3O2. The van der Waals surface area contributed by atoms with E-state index in [0.29, 0.717) is 5.56 Å². The van der Waals surface area contributed by atoms with Gasteiger partial charge in [0.1, 0.15) is 0 Å². The monoisotopic (exact) mass is 373 g/mol. The van der Waals surface area contributed by atoms with Crippen molar-refractivity contribution in [2.45, 2.75) is 44.9 Å². The Morgan fingerprint density at radius 1 is 1.08 bits per heavy atom. The van der Waals surface area contributed by atoms with E-state index in [1.54, 1.807) is 14.1 Å². The number of hydrogen-bond donors (Lipinski definition) is 2. The molecule has 0 fully saturated rings. The van der Waals surface area contributed by atoms with Gasteiger partial charge in [0, 0.05) is 0 Å². The molecule has 1 aromatic carbocycles. The molecule has 5 nitrogen and oxygen atoms in total. The topological polar surface area (TPSA) is 89.4 Å². The van der Waals surface area contributed by atoms with Gasteiger partial charge < -0.3 is 11.5 Å². The Hall–Kier alpha value is -1.93. The molecule has 0 heterocycles. The summed E-state index contributed by atoms with van der Waals surface area (Å²) >= 11 is 0. The molecule has 0 aliphatic rings. The fraction of sp³-hybridized carbons (Fsp3) is 0.556. The van der Waals surface area contributed by atoms with Crippen LogP contribution in [0.15, 0.2) is 24.3 Å². The van der Waals surface area contributed by atoms with Gasteiger partial charge in [-0.25, -0.2) is 0 Å². The molecule has 26 heavy (non-hydrogen) atoms. The summed E-state index contributed by atoms with van der Waals surface area (Å²) in [5.74, 6) is -1.61. The highest BCUT2D eigenvalue weighted by molar-refractivity contribution is 6.12. The highest BCUT2D eigenvalue weighted by Gasteiger charge is 2.47. The van der Waals surface area contributed by atoms with Crippen LogP contribution in [-0.2, 0) is 15.8 Å². The molecule has 0 saturated heterocycles. The Morgan fingerprint density at radius 2 is 1.54 bits per heavy atom. The highest BCUT2D eigenvalue weighted by Crippen LogP contribution is 2.34. The third-order valence-electron chi connectivity index (χ3n) is 4.01. The van der Waals surface area contributed by atoms with Crippen LogP contribution in [0.4, 0.5) is 13.2 Å². The average Bonchev–Trinajstić information content (AvgIpc) is 2.44. The molecule has 4 N–H and O–H groups in total. The standard InChI is InChI=1S/C18H26F3N3O2/c1-16(2,3)10-17(23,15(22)26)14(25)13(24(4)5)11-6-8-12(9-7-11)18(19,20)21/h6-9,13H,10,23H2,1-5H3,(H2,22,26)/t13-,17-/m1/s1. The Labute approximate surface area is 151 Å². The number of nitrogens with zero attached hydrogens (tertiary/aromatic N) is 1. The van der Waals surface area contributed by atoms with Crippen molar-refractivity contribution in [1.29, 1.82) is 0 Å². The van der Waals surface area contributed by atoms with Crippen molar-refractivity contribution in [3.05, 3.63) is 35.4 Å². The summed E-state index contributed by atoms with van der Waals surface area (Å²) in [5.41, 5.74) is 8.62. The van der Waals surface area contributed by atoms with Gasteiger partial charge in [-0.2, -0.15) is 13.2 Å². The summed E-state index contributed by atoms with van der Waals surface area (Å²) in [6.07, 6.45) is -4.47. The van der Waals surface area contributed by atoms with E-state index in [4.69, 9.17) is 11.5 Å². The van der Waals surface area contributed by atoms with Crippen molar-refractivity contribution in [3.63, 3.8) is 0 Å². The first-order chi connectivity index (χ1) is 11.6. The predicted molar refractivity (Wildman–Crippen MR) is 93.1 cm³/mol. The minimum Gasteiger partial charge on any atom is -0.368 e. The molecule has 146 valence electrons. The van der Waals surface area contributed by atoms with Gasteiger partial charge in [-0.3, -0.25) is 14.5 Å². The number of hydrogen-bond acceptors (Lipinski definition) is 4. The van der Waals surface area contributed by atoms with Gasteiger partial charge in [0.15, 0.2) is 11.3 Å². The lowest BCUT2D eigenvalue weighted by Crippen LogP contribution is -2.62. The second-order valence-corrected chi connectivity index (χ2v) is 7.92. The normalized spacial score (nSPS) is 16.2. The number of benzene rings is 1. The number of amides is 1. The van der Waals surface area contributed by atoms with Crippen molar-refractivity contribution in [2.75, 3.05) is 14.1 Å². The number of nitrogens with two attached hydrogens (primary N) is 2. The van der Waals surface area contributed by atoms with Crippen LogP contribution in [0.2, 0.25) is 0 Å². The van der Waals surface area contributed by atoms with E-state index in [0.717, 1.165) is 12.1 Å². The van der Waals surface area contributed by atoms with E-state index in [9.17, 15) is 22.8 Å². The van der Waals surface area contributed by atoms with Gasteiger partial charge in [-0.05, 0) is 43.6 Å². The molecule has 0 unspecified atom stereocenters. The van der Waals surface area contributed by atoms with E-state index >= 15 is 0 Å². The van der Waals surface area contributed by atoms with E-state index in [1.165, 1.54) is 17.0 Å². The summed E-state index contributed by atoms with van der Waals surface area (Å²) in [4.78, 5) is 26.6. The smallest absolute Gasteiger partial charge is 0.368 e. The molecule has 0 bridgehead atoms. The van der Waals surface area contributed by atoms with Gasteiger partial charge in [0.2, 0.25) is 5.91 Å². The molecule has 0 saturated carbocycles. The first kappa shape index (κ1) is 22.1. The largest absolute Gasteiger partial charge is 0.416 e. The minimum atomic E-state index is -4.48. The van der Waals surface area contributed by atoms with Crippen LogP contribution in [0.5, 0.6) is 0 Å². The van der Waals surface area contributed by atoms with Crippen LogP contribution in [-0.4, -0.2) is 36.2 Å². The van der Waals surface area contributed by atoms with Crippen LogP contribution >= 0.6 is 0 Å². The minimum absolute atomic E-state index is 0.0130. The number of rotatable bonds is 6. The Bertz CT molecular complexity index is 664. The molecule has 1 aromatic rings. The summed E-state index contributed by atoms with van der Waals surface area (Å²) in [6.45, 7) is 5.44. The number of likely N-dealkylation sites (N-methyl/N-ethyl adjacent to an activating group) is 1. The van der Waals surface area contributed by atoms with Gasteiger partial charge in [-0.15, -0.1) is 0 Å². The first-order valence-corrected chi connectivity index (χ1v) is 8.06. The van der Waals surface area contributed by atoms with Crippen LogP contribution in [0.1, 0.15) is 44.4 Å². The molecule has 1 rings (SSSR count). The number of halogens is 3. The number of carbonyl (C=O) groups excluding carboxylic acids is 2. The SMILES string of the molecule is CN(C)[C@@H](C(=O)[C@](N)(CC(C)(C)C)C(N)=O)c1ccc(C(F)(F)F)cc1. The maximum atomic E-state index is 13.1. The third kappa shape index (κ3) is 5.04. The summed E-state index contributed by atoms with van der Waals surface area (Å²) in [5, 5.41) is 0. The molecule has 0 spiro atoms. The number of alkyl halides is 3. The van der Waals surface area contributed by atoms with Gasteiger partial charge in [-0.1, -0.05) is 32.9 Å². The van der Waals surface area contributed by atoms with E-state index < -0.39 is 40.4 Å². The number of carbonyl (C=O) groups is 2. The third-order valence-corrected chi connectivity index (χ3v) is 4.01. The zero-order valence-corrected chi connectivity index (χ0v) is 15.6. The second kappa shape index (κ2) is 7.36. The number of Topliss-reactive ketones (excluding diaryl/α,β-unsaturated/α-hetero) is 1. The fourth-order valence-electron chi connectivity index (χ4n) is 2.91. The van der Waals surface area contributed by atoms with Crippen LogP contribution < -0.4 is 11.5 Å². The van der Waals surface area contributed by atoms with Crippen molar-refractivity contribution < 1.29 is 22.8 Å². The lowest BCUT2D eigenvalue weighted by Gasteiger charge is -2.36. The molecule has 2 atom stereocenters. The van der Waals surface area contributed by atoms with Crippen molar-refractivity contribution in [3.8, 4) is 0 Å². The van der Waals surface area contributed by atoms with E-state index in [2.05, 4.69) is 0 Å². The van der Waals surface area contributed by atoms with Crippen molar-refractivity contribution in [2.24, 2.45) is 16.9 Å². The van der Waals surface area contributed by atoms with Gasteiger partial charge >= 0.3 is 6.18 Å². The maximum Gasteiger partial charge on any atom is 0.416 e. The highest BCUT2D eigenvalue weighted by atomic mass is 19.4. The Balaban J connectivity index is 3.35. The first-order valence-electron chi connectivity index (χ1n) is 8.06. The quantitative estimate of drug-likeness (QED) is 0.750. The summed E-state index contributed by atoms with van der Waals surface area (Å²) in [7, 11) is 3.16. The average molecular weight is 373 g/mol. The summed E-state index contributed by atoms with van der Waals surface area (Å²) < 4.78 is 38.3. The number of ketones is 1. The van der Waals surface area contributed by atoms with Crippen molar-refractivity contribution >= 4 is 11.7 Å². The van der Waals surface area contributed by atoms with E-state index in [1.807, 2.05) is 20.8 Å². The Morgan fingerprint density at radius 3 is 1.85 bits per heavy atom. The lowest BCUT2D eigenvalue weighted by atomic mass is 9.74. The molecule has 0 radical (unpaired) electrons. The lowest BCUT2D eigenvalue weighted by molar-refractivity contribution is -0.139. The zero-order chi connectivity index (χ0) is 20.5. The van der Waals surface area contributed by atoms with Crippen LogP contribution in [0, 0.1) is 5.41 Å². The van der Waals surface area contributed by atoms with Crippen molar-refractivity contribution in [1.82, 2.24) is 4.90 Å². The summed E-state index contributed by atoms with van der Waals surface area (Å²) in [6, 6.07) is 3.21. The van der Waals surface area contributed by atoms with Gasteiger partial charge in [0.05, 0.1) is 11.6 Å². The predicted octanol–water partition coefficient (Wildman–Crippen LogP) is 2.50. The second-order valence-electron chi connectivity index (χ2n) is 7.92. The van der Waals surface area contributed by atoms with Crippen LogP contribution in [0.3, 0.4) is 0 Å². The van der Waals surface area contributed by atoms with Gasteiger partial charge in [0.25, 0.3) is 0 Å². The molecule has 8 heteroatoms. The number of primary amides is 1. The molecule has 0 aromatic heterocycles. The maximum absolute atomic E-state index is 13.1. The molecule has 0 aliphatic carbocycles. The van der Waals surface area contributed by atoms with Crippen LogP contribution in [0.25, 0.3) is 0 Å². The van der Waals surface area contributed by atoms with E-state index in [-0.39, 0.29) is 6.42 Å². The molecule has 1 amide bonds. The zero-order valence-electron chi connectivity index (χ0n) is 15.6.